The van der Waals surface area contributed by atoms with Crippen molar-refractivity contribution in [3.8, 4) is 0 Å². The molecule has 1 amide bonds. The van der Waals surface area contributed by atoms with Crippen molar-refractivity contribution in [3.05, 3.63) is 29.8 Å². The summed E-state index contributed by atoms with van der Waals surface area (Å²) in [5.41, 5.74) is 1.83. The summed E-state index contributed by atoms with van der Waals surface area (Å²) in [6, 6.07) is 7.77. The minimum Gasteiger partial charge on any atom is -0.325 e. The van der Waals surface area contributed by atoms with E-state index in [9.17, 15) is 13.2 Å². The summed E-state index contributed by atoms with van der Waals surface area (Å²) in [5, 5.41) is 8.09. The molecular formula is C16H26N4O3S. The average Bonchev–Trinajstić information content (AvgIpc) is 2.46. The minimum atomic E-state index is -3.64. The van der Waals surface area contributed by atoms with Gasteiger partial charge in [0.25, 0.3) is 10.2 Å². The molecule has 2 rings (SSSR count). The Morgan fingerprint density at radius 3 is 2.29 bits per heavy atom. The summed E-state index contributed by atoms with van der Waals surface area (Å²) >= 11 is 0. The summed E-state index contributed by atoms with van der Waals surface area (Å²) in [7, 11) is -3.64. The lowest BCUT2D eigenvalue weighted by atomic mass is 9.86. The Morgan fingerprint density at radius 1 is 1.17 bits per heavy atom. The molecule has 0 aromatic heterocycles. The van der Waals surface area contributed by atoms with Gasteiger partial charge in [-0.15, -0.1) is 0 Å². The van der Waals surface area contributed by atoms with E-state index in [1.165, 1.54) is 4.31 Å². The third kappa shape index (κ3) is 5.01. The zero-order chi connectivity index (χ0) is 18.0. The van der Waals surface area contributed by atoms with Crippen molar-refractivity contribution < 1.29 is 13.2 Å². The van der Waals surface area contributed by atoms with Gasteiger partial charge >= 0.3 is 0 Å². The number of hydrogen-bond acceptors (Lipinski definition) is 4. The average molecular weight is 354 g/mol. The van der Waals surface area contributed by atoms with Gasteiger partial charge in [0.1, 0.15) is 0 Å². The highest BCUT2D eigenvalue weighted by molar-refractivity contribution is 7.86. The molecule has 1 aliphatic rings. The number of rotatable bonds is 4. The Bertz CT molecular complexity index is 690. The lowest BCUT2D eigenvalue weighted by Gasteiger charge is -2.32. The number of piperazine rings is 1. The first-order valence-electron chi connectivity index (χ1n) is 7.97. The molecule has 1 fully saturated rings. The van der Waals surface area contributed by atoms with Gasteiger partial charge in [-0.05, 0) is 17.0 Å². The van der Waals surface area contributed by atoms with Crippen LogP contribution in [0.1, 0.15) is 26.3 Å². The highest BCUT2D eigenvalue weighted by Crippen LogP contribution is 2.29. The second-order valence-electron chi connectivity index (χ2n) is 7.06. The number of nitrogens with zero attached hydrogens (tertiary/aromatic N) is 2. The van der Waals surface area contributed by atoms with Gasteiger partial charge in [-0.3, -0.25) is 9.69 Å². The fourth-order valence-corrected chi connectivity index (χ4v) is 3.45. The van der Waals surface area contributed by atoms with Crippen LogP contribution < -0.4 is 10.5 Å². The third-order valence-corrected chi connectivity index (χ3v) is 5.15. The Balaban J connectivity index is 1.94. The fourth-order valence-electron chi connectivity index (χ4n) is 2.78. The summed E-state index contributed by atoms with van der Waals surface area (Å²) in [6.07, 6.45) is 0. The molecule has 0 bridgehead atoms. The zero-order valence-corrected chi connectivity index (χ0v) is 15.3. The van der Waals surface area contributed by atoms with E-state index in [4.69, 9.17) is 5.14 Å². The van der Waals surface area contributed by atoms with Crippen molar-refractivity contribution >= 4 is 21.8 Å². The van der Waals surface area contributed by atoms with Crippen LogP contribution in [0.4, 0.5) is 5.69 Å². The monoisotopic (exact) mass is 354 g/mol. The summed E-state index contributed by atoms with van der Waals surface area (Å²) in [6.45, 7) is 8.14. The van der Waals surface area contributed by atoms with Gasteiger partial charge in [0, 0.05) is 31.9 Å². The second kappa shape index (κ2) is 7.18. The molecule has 1 aromatic rings. The number of nitrogens with two attached hydrogens (primary N) is 1. The first-order chi connectivity index (χ1) is 11.1. The van der Waals surface area contributed by atoms with E-state index in [2.05, 4.69) is 26.1 Å². The van der Waals surface area contributed by atoms with Crippen molar-refractivity contribution in [2.24, 2.45) is 5.14 Å². The van der Waals surface area contributed by atoms with Crippen LogP contribution in [0.15, 0.2) is 24.3 Å². The van der Waals surface area contributed by atoms with E-state index in [1.807, 2.05) is 29.2 Å². The molecule has 1 aliphatic heterocycles. The number of nitrogens with one attached hydrogen (secondary N) is 1. The number of anilines is 1. The lowest BCUT2D eigenvalue weighted by Crippen LogP contribution is -2.52. The Hall–Kier alpha value is -1.48. The van der Waals surface area contributed by atoms with E-state index in [0.717, 1.165) is 11.3 Å². The number of benzene rings is 1. The lowest BCUT2D eigenvalue weighted by molar-refractivity contribution is -0.117. The van der Waals surface area contributed by atoms with Crippen molar-refractivity contribution in [3.63, 3.8) is 0 Å². The molecule has 0 spiro atoms. The van der Waals surface area contributed by atoms with Crippen molar-refractivity contribution in [1.82, 2.24) is 9.21 Å². The van der Waals surface area contributed by atoms with Gasteiger partial charge in [0.05, 0.1) is 6.54 Å². The minimum absolute atomic E-state index is 0.0645. The first-order valence-corrected chi connectivity index (χ1v) is 9.47. The maximum atomic E-state index is 12.3. The number of amides is 1. The second-order valence-corrected chi connectivity index (χ2v) is 8.61. The van der Waals surface area contributed by atoms with Crippen LogP contribution in [0.25, 0.3) is 0 Å². The molecule has 0 aliphatic carbocycles. The molecule has 24 heavy (non-hydrogen) atoms. The highest BCUT2D eigenvalue weighted by atomic mass is 32.2. The molecule has 8 heteroatoms. The Labute approximate surface area is 144 Å². The molecule has 3 N–H and O–H groups in total. The van der Waals surface area contributed by atoms with Crippen molar-refractivity contribution in [1.29, 1.82) is 0 Å². The van der Waals surface area contributed by atoms with Crippen LogP contribution in [-0.4, -0.2) is 56.3 Å². The van der Waals surface area contributed by atoms with Gasteiger partial charge in [0.2, 0.25) is 5.91 Å². The van der Waals surface area contributed by atoms with E-state index >= 15 is 0 Å². The first kappa shape index (κ1) is 18.9. The molecule has 1 heterocycles. The number of hydrogen-bond donors (Lipinski definition) is 2. The van der Waals surface area contributed by atoms with Crippen LogP contribution in [-0.2, 0) is 20.4 Å². The summed E-state index contributed by atoms with van der Waals surface area (Å²) in [4.78, 5) is 14.3. The third-order valence-electron chi connectivity index (χ3n) is 4.07. The van der Waals surface area contributed by atoms with E-state index in [1.54, 1.807) is 0 Å². The summed E-state index contributed by atoms with van der Waals surface area (Å²) < 4.78 is 23.8. The molecule has 134 valence electrons. The molecule has 0 radical (unpaired) electrons. The predicted molar refractivity (Wildman–Crippen MR) is 94.9 cm³/mol. The zero-order valence-electron chi connectivity index (χ0n) is 14.4. The Kier molecular flexibility index (Phi) is 5.64. The van der Waals surface area contributed by atoms with Crippen LogP contribution in [0.5, 0.6) is 0 Å². The van der Waals surface area contributed by atoms with E-state index in [-0.39, 0.29) is 17.9 Å². The Morgan fingerprint density at radius 2 is 1.75 bits per heavy atom. The molecule has 0 saturated carbocycles. The maximum Gasteiger partial charge on any atom is 0.276 e. The summed E-state index contributed by atoms with van der Waals surface area (Å²) in [5.74, 6) is -0.101. The molecule has 0 unspecified atom stereocenters. The molecule has 1 saturated heterocycles. The molecule has 0 atom stereocenters. The smallest absolute Gasteiger partial charge is 0.276 e. The topological polar surface area (TPSA) is 95.7 Å². The molecule has 7 nitrogen and oxygen atoms in total. The van der Waals surface area contributed by atoms with Gasteiger partial charge in [-0.1, -0.05) is 39.0 Å². The van der Waals surface area contributed by atoms with Gasteiger partial charge < -0.3 is 5.32 Å². The normalized spacial score (nSPS) is 17.7. The quantitative estimate of drug-likeness (QED) is 0.834. The number of para-hydroxylation sites is 1. The SMILES string of the molecule is CC(C)(C)c1ccccc1NC(=O)CN1CCN(S(N)(=O)=O)CC1. The fraction of sp³-hybridized carbons (Fsp3) is 0.562. The predicted octanol–water partition coefficient (Wildman–Crippen LogP) is 0.744. The van der Waals surface area contributed by atoms with Crippen LogP contribution in [0.3, 0.4) is 0 Å². The maximum absolute atomic E-state index is 12.3. The number of carbonyl (C=O) groups excluding carboxylic acids is 1. The van der Waals surface area contributed by atoms with Gasteiger partial charge in [-0.2, -0.15) is 12.7 Å². The van der Waals surface area contributed by atoms with Crippen LogP contribution in [0.2, 0.25) is 0 Å². The van der Waals surface area contributed by atoms with Crippen LogP contribution in [0, 0.1) is 0 Å². The van der Waals surface area contributed by atoms with Gasteiger partial charge in [-0.25, -0.2) is 5.14 Å². The largest absolute Gasteiger partial charge is 0.325 e. The van der Waals surface area contributed by atoms with Crippen molar-refractivity contribution in [2.75, 3.05) is 38.0 Å². The van der Waals surface area contributed by atoms with E-state index < -0.39 is 10.2 Å². The van der Waals surface area contributed by atoms with Gasteiger partial charge in [0.15, 0.2) is 0 Å². The standard InChI is InChI=1S/C16H26N4O3S/c1-16(2,3)13-6-4-5-7-14(13)18-15(21)12-19-8-10-20(11-9-19)24(17,22)23/h4-7H,8-12H2,1-3H3,(H,18,21)(H2,17,22,23). The molecule has 1 aromatic carbocycles. The number of carbonyl (C=O) groups is 1. The van der Waals surface area contributed by atoms with E-state index in [0.29, 0.717) is 26.2 Å². The van der Waals surface area contributed by atoms with Crippen molar-refractivity contribution in [2.45, 2.75) is 26.2 Å². The highest BCUT2D eigenvalue weighted by Gasteiger charge is 2.25. The molecular weight excluding hydrogens is 328 g/mol. The van der Waals surface area contributed by atoms with Crippen LogP contribution >= 0.6 is 0 Å².